The molecule has 0 bridgehead atoms. The molecule has 1 N–H and O–H groups in total. The number of carbonyl (C=O) groups is 1. The van der Waals surface area contributed by atoms with Crippen molar-refractivity contribution < 1.29 is 14.6 Å². The molecule has 1 aromatic rings. The lowest BCUT2D eigenvalue weighted by molar-refractivity contribution is -0.132. The monoisotopic (exact) mass is 192 g/mol. The summed E-state index contributed by atoms with van der Waals surface area (Å²) in [6, 6.07) is 4.86. The van der Waals surface area contributed by atoms with Gasteiger partial charge in [-0.25, -0.2) is 0 Å². The van der Waals surface area contributed by atoms with Gasteiger partial charge < -0.3 is 9.84 Å². The maximum Gasteiger partial charge on any atom is 0.308 e. The third kappa shape index (κ3) is 2.62. The number of esters is 1. The number of allylic oxidation sites excluding steroid dienone is 1. The molecule has 0 amide bonds. The molecule has 74 valence electrons. The quantitative estimate of drug-likeness (QED) is 0.578. The summed E-state index contributed by atoms with van der Waals surface area (Å²) in [4.78, 5) is 10.6. The van der Waals surface area contributed by atoms with Gasteiger partial charge in [0.05, 0.1) is 0 Å². The van der Waals surface area contributed by atoms with E-state index in [0.29, 0.717) is 0 Å². The highest BCUT2D eigenvalue weighted by molar-refractivity contribution is 5.70. The lowest BCUT2D eigenvalue weighted by Crippen LogP contribution is -2.01. The molecule has 0 unspecified atom stereocenters. The van der Waals surface area contributed by atoms with Crippen LogP contribution < -0.4 is 4.74 Å². The molecule has 0 saturated carbocycles. The van der Waals surface area contributed by atoms with E-state index in [2.05, 4.69) is 0 Å². The summed E-state index contributed by atoms with van der Waals surface area (Å²) in [6.45, 7) is 3.18. The molecular formula is C11H12O3. The summed E-state index contributed by atoms with van der Waals surface area (Å²) in [5, 5.41) is 9.46. The lowest BCUT2D eigenvalue weighted by atomic mass is 10.2. The Hall–Kier alpha value is -1.77. The summed E-state index contributed by atoms with van der Waals surface area (Å²) in [5.74, 6) is -0.291. The van der Waals surface area contributed by atoms with Crippen LogP contribution in [0.2, 0.25) is 0 Å². The fraction of sp³-hybridized carbons (Fsp3) is 0.182. The first kappa shape index (κ1) is 10.3. The van der Waals surface area contributed by atoms with Crippen LogP contribution in [0, 0.1) is 0 Å². The Labute approximate surface area is 82.6 Å². The van der Waals surface area contributed by atoms with Gasteiger partial charge in [-0.1, -0.05) is 18.2 Å². The van der Waals surface area contributed by atoms with Crippen molar-refractivity contribution in [2.75, 3.05) is 0 Å². The van der Waals surface area contributed by atoms with E-state index >= 15 is 0 Å². The molecule has 1 aromatic carbocycles. The number of rotatable bonds is 2. The zero-order chi connectivity index (χ0) is 10.6. The number of phenolic OH excluding ortho intramolecular Hbond substituents is 1. The Kier molecular flexibility index (Phi) is 3.29. The van der Waals surface area contributed by atoms with Gasteiger partial charge in [0.1, 0.15) is 0 Å². The number of benzene rings is 1. The zero-order valence-corrected chi connectivity index (χ0v) is 8.15. The molecule has 0 radical (unpaired) electrons. The van der Waals surface area contributed by atoms with Crippen molar-refractivity contribution >= 4 is 12.0 Å². The molecule has 0 spiro atoms. The fourth-order valence-electron chi connectivity index (χ4n) is 1.07. The number of hydrogen-bond donors (Lipinski definition) is 1. The van der Waals surface area contributed by atoms with Crippen LogP contribution in [-0.2, 0) is 4.79 Å². The van der Waals surface area contributed by atoms with Crippen LogP contribution in [0.5, 0.6) is 11.5 Å². The molecule has 14 heavy (non-hydrogen) atoms. The van der Waals surface area contributed by atoms with Crippen molar-refractivity contribution in [2.45, 2.75) is 13.8 Å². The standard InChI is InChI=1S/C11H12O3/c1-3-4-9-5-6-11(10(13)7-9)14-8(2)12/h3-7,13H,1-2H3/b4-3+. The molecule has 0 saturated heterocycles. The van der Waals surface area contributed by atoms with Crippen molar-refractivity contribution in [1.29, 1.82) is 0 Å². The Morgan fingerprint density at radius 2 is 2.21 bits per heavy atom. The first-order chi connectivity index (χ1) is 6.63. The molecule has 0 aromatic heterocycles. The number of ether oxygens (including phenoxy) is 1. The molecule has 0 heterocycles. The summed E-state index contributed by atoms with van der Waals surface area (Å²) in [6.07, 6.45) is 3.71. The van der Waals surface area contributed by atoms with Crippen molar-refractivity contribution in [3.8, 4) is 11.5 Å². The van der Waals surface area contributed by atoms with Gasteiger partial charge in [-0.2, -0.15) is 0 Å². The normalized spacial score (nSPS) is 10.4. The second kappa shape index (κ2) is 4.46. The molecule has 1 rings (SSSR count). The average Bonchev–Trinajstić information content (AvgIpc) is 2.10. The third-order valence-electron chi connectivity index (χ3n) is 1.60. The highest BCUT2D eigenvalue weighted by Crippen LogP contribution is 2.27. The van der Waals surface area contributed by atoms with Gasteiger partial charge in [-0.3, -0.25) is 4.79 Å². The van der Waals surface area contributed by atoms with Crippen molar-refractivity contribution in [3.05, 3.63) is 29.8 Å². The molecule has 0 aliphatic heterocycles. The third-order valence-corrected chi connectivity index (χ3v) is 1.60. The largest absolute Gasteiger partial charge is 0.504 e. The van der Waals surface area contributed by atoms with Crippen molar-refractivity contribution in [1.82, 2.24) is 0 Å². The van der Waals surface area contributed by atoms with E-state index < -0.39 is 5.97 Å². The highest BCUT2D eigenvalue weighted by Gasteiger charge is 2.04. The summed E-state index contributed by atoms with van der Waals surface area (Å²) in [5.41, 5.74) is 0.862. The number of hydrogen-bond acceptors (Lipinski definition) is 3. The number of phenols is 1. The first-order valence-corrected chi connectivity index (χ1v) is 4.27. The Morgan fingerprint density at radius 3 is 2.71 bits per heavy atom. The lowest BCUT2D eigenvalue weighted by Gasteiger charge is -2.04. The van der Waals surface area contributed by atoms with E-state index in [1.165, 1.54) is 13.0 Å². The Balaban J connectivity index is 2.95. The van der Waals surface area contributed by atoms with Crippen LogP contribution >= 0.6 is 0 Å². The maximum absolute atomic E-state index is 10.6. The van der Waals surface area contributed by atoms with E-state index in [1.807, 2.05) is 19.1 Å². The van der Waals surface area contributed by atoms with E-state index in [1.54, 1.807) is 12.1 Å². The SMILES string of the molecule is C/C=C/c1ccc(OC(C)=O)c(O)c1. The van der Waals surface area contributed by atoms with Gasteiger partial charge >= 0.3 is 5.97 Å². The van der Waals surface area contributed by atoms with Gasteiger partial charge in [0.15, 0.2) is 11.5 Å². The minimum atomic E-state index is -0.445. The molecule has 0 fully saturated rings. The van der Waals surface area contributed by atoms with E-state index in [9.17, 15) is 9.90 Å². The van der Waals surface area contributed by atoms with E-state index in [-0.39, 0.29) is 11.5 Å². The maximum atomic E-state index is 10.6. The molecule has 0 aliphatic rings. The predicted molar refractivity (Wildman–Crippen MR) is 54.1 cm³/mol. The van der Waals surface area contributed by atoms with Gasteiger partial charge in [-0.05, 0) is 24.6 Å². The first-order valence-electron chi connectivity index (χ1n) is 4.27. The second-order valence-corrected chi connectivity index (χ2v) is 2.82. The van der Waals surface area contributed by atoms with Crippen LogP contribution in [-0.4, -0.2) is 11.1 Å². The topological polar surface area (TPSA) is 46.5 Å². The zero-order valence-electron chi connectivity index (χ0n) is 8.15. The van der Waals surface area contributed by atoms with Crippen LogP contribution in [0.1, 0.15) is 19.4 Å². The summed E-state index contributed by atoms with van der Waals surface area (Å²) in [7, 11) is 0. The molecule has 0 atom stereocenters. The minimum Gasteiger partial charge on any atom is -0.504 e. The van der Waals surface area contributed by atoms with Gasteiger partial charge in [-0.15, -0.1) is 0 Å². The van der Waals surface area contributed by atoms with Crippen molar-refractivity contribution in [2.24, 2.45) is 0 Å². The smallest absolute Gasteiger partial charge is 0.308 e. The van der Waals surface area contributed by atoms with Crippen LogP contribution in [0.4, 0.5) is 0 Å². The Morgan fingerprint density at radius 1 is 1.50 bits per heavy atom. The van der Waals surface area contributed by atoms with E-state index in [0.717, 1.165) is 5.56 Å². The summed E-state index contributed by atoms with van der Waals surface area (Å²) < 4.78 is 4.77. The molecule has 3 nitrogen and oxygen atoms in total. The van der Waals surface area contributed by atoms with Crippen LogP contribution in [0.15, 0.2) is 24.3 Å². The summed E-state index contributed by atoms with van der Waals surface area (Å²) >= 11 is 0. The second-order valence-electron chi connectivity index (χ2n) is 2.82. The molecule has 0 aliphatic carbocycles. The van der Waals surface area contributed by atoms with E-state index in [4.69, 9.17) is 4.74 Å². The van der Waals surface area contributed by atoms with Gasteiger partial charge in [0, 0.05) is 6.92 Å². The molecule has 3 heteroatoms. The highest BCUT2D eigenvalue weighted by atomic mass is 16.5. The van der Waals surface area contributed by atoms with Crippen LogP contribution in [0.3, 0.4) is 0 Å². The van der Waals surface area contributed by atoms with Crippen LogP contribution in [0.25, 0.3) is 6.08 Å². The van der Waals surface area contributed by atoms with Gasteiger partial charge in [0.2, 0.25) is 0 Å². The molecular weight excluding hydrogens is 180 g/mol. The minimum absolute atomic E-state index is 0.0317. The Bertz CT molecular complexity index is 367. The fourth-order valence-corrected chi connectivity index (χ4v) is 1.07. The predicted octanol–water partition coefficient (Wildman–Crippen LogP) is 2.35. The number of carbonyl (C=O) groups excluding carboxylic acids is 1. The average molecular weight is 192 g/mol. The van der Waals surface area contributed by atoms with Crippen molar-refractivity contribution in [3.63, 3.8) is 0 Å². The van der Waals surface area contributed by atoms with Gasteiger partial charge in [0.25, 0.3) is 0 Å². The number of aromatic hydroxyl groups is 1.